The van der Waals surface area contributed by atoms with Crippen molar-refractivity contribution in [2.24, 2.45) is 0 Å². The predicted molar refractivity (Wildman–Crippen MR) is 64.2 cm³/mol. The SMILES string of the molecule is [2H]C([2H])([2H])C(N1CCN([C@H]2CCN[C@H]2C)CC1)C([2H])([2H])[2H]. The van der Waals surface area contributed by atoms with E-state index < -0.39 is 19.7 Å². The van der Waals surface area contributed by atoms with E-state index in [1.807, 2.05) is 0 Å². The molecule has 0 radical (unpaired) electrons. The molecule has 2 aliphatic rings. The average molecular weight is 217 g/mol. The zero-order valence-electron chi connectivity index (χ0n) is 15.4. The Morgan fingerprint density at radius 2 is 2.00 bits per heavy atom. The van der Waals surface area contributed by atoms with E-state index in [2.05, 4.69) is 17.1 Å². The Morgan fingerprint density at radius 3 is 2.53 bits per heavy atom. The number of hydrogen-bond donors (Lipinski definition) is 1. The molecule has 0 aromatic heterocycles. The maximum Gasteiger partial charge on any atom is 0.0259 e. The van der Waals surface area contributed by atoms with Crippen LogP contribution in [0, 0.1) is 0 Å². The Morgan fingerprint density at radius 1 is 1.27 bits per heavy atom. The summed E-state index contributed by atoms with van der Waals surface area (Å²) < 4.78 is 45.2. The molecular weight excluding hydrogens is 186 g/mol. The molecule has 0 amide bonds. The summed E-state index contributed by atoms with van der Waals surface area (Å²) >= 11 is 0. The minimum atomic E-state index is -2.48. The van der Waals surface area contributed by atoms with Gasteiger partial charge in [0.15, 0.2) is 0 Å². The van der Waals surface area contributed by atoms with Crippen LogP contribution >= 0.6 is 0 Å². The van der Waals surface area contributed by atoms with E-state index in [0.29, 0.717) is 25.2 Å². The molecule has 2 saturated heterocycles. The molecule has 2 fully saturated rings. The highest BCUT2D eigenvalue weighted by atomic mass is 15.3. The summed E-state index contributed by atoms with van der Waals surface area (Å²) in [4.78, 5) is 3.99. The molecule has 0 aliphatic carbocycles. The fourth-order valence-electron chi connectivity index (χ4n) is 2.67. The first kappa shape index (κ1) is 5.99. The molecule has 1 N–H and O–H groups in total. The van der Waals surface area contributed by atoms with E-state index in [0.717, 1.165) is 26.1 Å². The highest BCUT2D eigenvalue weighted by Crippen LogP contribution is 2.17. The van der Waals surface area contributed by atoms with Gasteiger partial charge in [0.05, 0.1) is 0 Å². The average Bonchev–Trinajstić information content (AvgIpc) is 2.73. The van der Waals surface area contributed by atoms with Gasteiger partial charge in [-0.05, 0) is 33.6 Å². The lowest BCUT2D eigenvalue weighted by molar-refractivity contribution is 0.0753. The quantitative estimate of drug-likeness (QED) is 0.737. The normalized spacial score (nSPS) is 42.8. The highest BCUT2D eigenvalue weighted by Gasteiger charge is 2.31. The van der Waals surface area contributed by atoms with Crippen LogP contribution in [0.2, 0.25) is 0 Å². The summed E-state index contributed by atoms with van der Waals surface area (Å²) in [5.74, 6) is 0. The lowest BCUT2D eigenvalue weighted by Gasteiger charge is -2.40. The van der Waals surface area contributed by atoms with Crippen molar-refractivity contribution in [3.8, 4) is 0 Å². The topological polar surface area (TPSA) is 18.5 Å². The lowest BCUT2D eigenvalue weighted by Crippen LogP contribution is -2.54. The molecule has 0 spiro atoms. The molecule has 0 unspecified atom stereocenters. The fourth-order valence-corrected chi connectivity index (χ4v) is 2.67. The summed E-state index contributed by atoms with van der Waals surface area (Å²) in [5, 5.41) is 3.41. The van der Waals surface area contributed by atoms with E-state index >= 15 is 0 Å². The smallest absolute Gasteiger partial charge is 0.0259 e. The Hall–Kier alpha value is -0.120. The highest BCUT2D eigenvalue weighted by molar-refractivity contribution is 4.90. The van der Waals surface area contributed by atoms with Crippen LogP contribution in [0.3, 0.4) is 0 Å². The predicted octanol–water partition coefficient (Wildman–Crippen LogP) is 0.763. The molecule has 0 aromatic carbocycles. The number of nitrogens with one attached hydrogen (secondary N) is 1. The molecule has 2 atom stereocenters. The van der Waals surface area contributed by atoms with Crippen LogP contribution in [0.1, 0.15) is 35.3 Å². The van der Waals surface area contributed by atoms with Gasteiger partial charge in [-0.1, -0.05) is 0 Å². The number of nitrogens with zero attached hydrogens (tertiary/aromatic N) is 2. The molecule has 0 aromatic rings. The fraction of sp³-hybridized carbons (Fsp3) is 1.00. The van der Waals surface area contributed by atoms with Crippen molar-refractivity contribution in [1.29, 1.82) is 0 Å². The minimum absolute atomic E-state index is 0.442. The third-order valence-corrected chi connectivity index (χ3v) is 3.67. The van der Waals surface area contributed by atoms with Gasteiger partial charge < -0.3 is 5.32 Å². The zero-order valence-corrected chi connectivity index (χ0v) is 9.37. The molecular formula is C12H25N3. The van der Waals surface area contributed by atoms with Gasteiger partial charge in [0, 0.05) is 52.5 Å². The lowest BCUT2D eigenvalue weighted by atomic mass is 10.1. The van der Waals surface area contributed by atoms with Crippen molar-refractivity contribution in [2.45, 2.75) is 45.2 Å². The summed E-state index contributed by atoms with van der Waals surface area (Å²) in [7, 11) is 0. The van der Waals surface area contributed by atoms with Gasteiger partial charge in [0.1, 0.15) is 0 Å². The first-order valence-electron chi connectivity index (χ1n) is 8.82. The summed E-state index contributed by atoms with van der Waals surface area (Å²) in [6.07, 6.45) is 1.10. The Bertz CT molecular complexity index is 334. The van der Waals surface area contributed by atoms with Crippen LogP contribution in [0.5, 0.6) is 0 Å². The van der Waals surface area contributed by atoms with E-state index in [1.54, 1.807) is 4.90 Å². The molecule has 2 heterocycles. The maximum atomic E-state index is 7.54. The van der Waals surface area contributed by atoms with Crippen LogP contribution in [-0.4, -0.2) is 60.6 Å². The third-order valence-electron chi connectivity index (χ3n) is 3.67. The summed E-state index contributed by atoms with van der Waals surface area (Å²) in [6, 6.07) is -0.435. The van der Waals surface area contributed by atoms with Gasteiger partial charge in [0.2, 0.25) is 0 Å². The second-order valence-corrected chi connectivity index (χ2v) is 4.57. The summed E-state index contributed by atoms with van der Waals surface area (Å²) in [6.45, 7) is 0.705. The molecule has 88 valence electrons. The molecule has 3 heteroatoms. The van der Waals surface area contributed by atoms with Crippen molar-refractivity contribution in [1.82, 2.24) is 15.1 Å². The second kappa shape index (κ2) is 4.81. The first-order valence-corrected chi connectivity index (χ1v) is 5.82. The van der Waals surface area contributed by atoms with Gasteiger partial charge >= 0.3 is 0 Å². The summed E-state index contributed by atoms with van der Waals surface area (Å²) in [5.41, 5.74) is 0. The third kappa shape index (κ3) is 2.52. The number of rotatable bonds is 2. The number of piperazine rings is 1. The van der Waals surface area contributed by atoms with Gasteiger partial charge in [-0.3, -0.25) is 9.80 Å². The van der Waals surface area contributed by atoms with Crippen molar-refractivity contribution in [3.63, 3.8) is 0 Å². The monoisotopic (exact) mass is 217 g/mol. The molecule has 0 bridgehead atoms. The van der Waals surface area contributed by atoms with E-state index in [4.69, 9.17) is 8.22 Å². The van der Waals surface area contributed by atoms with Crippen molar-refractivity contribution in [3.05, 3.63) is 0 Å². The van der Waals surface area contributed by atoms with E-state index in [1.165, 1.54) is 0 Å². The molecule has 3 nitrogen and oxygen atoms in total. The van der Waals surface area contributed by atoms with Crippen molar-refractivity contribution in [2.75, 3.05) is 32.7 Å². The van der Waals surface area contributed by atoms with Gasteiger partial charge in [0.25, 0.3) is 0 Å². The Kier molecular flexibility index (Phi) is 1.92. The molecule has 15 heavy (non-hydrogen) atoms. The first-order chi connectivity index (χ1) is 9.60. The van der Waals surface area contributed by atoms with Crippen LogP contribution in [-0.2, 0) is 0 Å². The van der Waals surface area contributed by atoms with E-state index in [9.17, 15) is 0 Å². The van der Waals surface area contributed by atoms with Crippen LogP contribution < -0.4 is 5.32 Å². The molecule has 2 rings (SSSR count). The van der Waals surface area contributed by atoms with Crippen LogP contribution in [0.25, 0.3) is 0 Å². The van der Waals surface area contributed by atoms with E-state index in [-0.39, 0.29) is 0 Å². The van der Waals surface area contributed by atoms with Crippen molar-refractivity contribution < 1.29 is 8.22 Å². The van der Waals surface area contributed by atoms with Crippen LogP contribution in [0.15, 0.2) is 0 Å². The standard InChI is InChI=1S/C12H25N3/c1-10(2)14-6-8-15(9-7-14)12-4-5-13-11(12)3/h10-13H,4-9H2,1-3H3/t11-,12-/m0/s1/i1D3,2D3. The minimum Gasteiger partial charge on any atom is -0.313 e. The van der Waals surface area contributed by atoms with Gasteiger partial charge in [-0.25, -0.2) is 0 Å². The van der Waals surface area contributed by atoms with Crippen LogP contribution in [0.4, 0.5) is 0 Å². The second-order valence-electron chi connectivity index (χ2n) is 4.57. The zero-order chi connectivity index (χ0) is 15.8. The number of hydrogen-bond acceptors (Lipinski definition) is 3. The van der Waals surface area contributed by atoms with Gasteiger partial charge in [-0.15, -0.1) is 0 Å². The molecule has 0 saturated carbocycles. The maximum absolute atomic E-state index is 7.54. The largest absolute Gasteiger partial charge is 0.313 e. The Balaban J connectivity index is 1.98. The van der Waals surface area contributed by atoms with Gasteiger partial charge in [-0.2, -0.15) is 0 Å². The Labute approximate surface area is 102 Å². The molecule has 2 aliphatic heterocycles. The van der Waals surface area contributed by atoms with Crippen molar-refractivity contribution >= 4 is 0 Å².